The maximum atomic E-state index is 12.1. The average Bonchev–Trinajstić information content (AvgIpc) is 2.89. The highest BCUT2D eigenvalue weighted by atomic mass is 79.9. The first-order valence-corrected chi connectivity index (χ1v) is 6.76. The zero-order valence-corrected chi connectivity index (χ0v) is 10.9. The molecule has 0 bridgehead atoms. The molecule has 0 spiro atoms. The fraction of sp³-hybridized carbons (Fsp3) is 0.250. The summed E-state index contributed by atoms with van der Waals surface area (Å²) >= 11 is 4.92. The molecule has 0 amide bonds. The normalized spacial score (nSPS) is 14.1. The fourth-order valence-corrected chi connectivity index (χ4v) is 3.58. The van der Waals surface area contributed by atoms with Crippen LogP contribution in [0, 0.1) is 0 Å². The molecule has 4 heteroatoms. The van der Waals surface area contributed by atoms with E-state index in [0.29, 0.717) is 5.76 Å². The van der Waals surface area contributed by atoms with Crippen LogP contribution in [0.15, 0.2) is 27.3 Å². The Bertz CT molecular complexity index is 532. The van der Waals surface area contributed by atoms with Crippen LogP contribution in [0.25, 0.3) is 0 Å². The Morgan fingerprint density at radius 2 is 2.31 bits per heavy atom. The van der Waals surface area contributed by atoms with Crippen molar-refractivity contribution in [3.05, 3.63) is 43.9 Å². The standard InChI is InChI=1S/C12H9BrO2S/c13-8-4-5-15-12(8)11(14)10-6-7-2-1-3-9(7)16-10/h4-6H,1-3H2. The molecule has 0 aromatic carbocycles. The number of carbonyl (C=O) groups is 1. The van der Waals surface area contributed by atoms with Crippen LogP contribution < -0.4 is 0 Å². The number of fused-ring (bicyclic) bond motifs is 1. The third-order valence-corrected chi connectivity index (χ3v) is 4.65. The van der Waals surface area contributed by atoms with Crippen molar-refractivity contribution in [2.45, 2.75) is 19.3 Å². The molecule has 82 valence electrons. The van der Waals surface area contributed by atoms with Gasteiger partial charge in [0.2, 0.25) is 5.78 Å². The number of thiophene rings is 1. The lowest BCUT2D eigenvalue weighted by atomic mass is 10.2. The molecule has 1 aliphatic carbocycles. The lowest BCUT2D eigenvalue weighted by Gasteiger charge is -1.94. The van der Waals surface area contributed by atoms with Crippen molar-refractivity contribution in [3.63, 3.8) is 0 Å². The predicted molar refractivity (Wildman–Crippen MR) is 66.2 cm³/mol. The summed E-state index contributed by atoms with van der Waals surface area (Å²) < 4.78 is 5.92. The monoisotopic (exact) mass is 296 g/mol. The van der Waals surface area contributed by atoms with Crippen LogP contribution in [0.3, 0.4) is 0 Å². The smallest absolute Gasteiger partial charge is 0.239 e. The van der Waals surface area contributed by atoms with Gasteiger partial charge in [-0.15, -0.1) is 11.3 Å². The number of hydrogen-bond acceptors (Lipinski definition) is 3. The number of furan rings is 1. The molecule has 0 aliphatic heterocycles. The Labute approximate surface area is 105 Å². The molecular weight excluding hydrogens is 288 g/mol. The fourth-order valence-electron chi connectivity index (χ4n) is 2.01. The molecule has 1 aliphatic rings. The van der Waals surface area contributed by atoms with Crippen LogP contribution in [0.4, 0.5) is 0 Å². The molecule has 0 saturated carbocycles. The summed E-state index contributed by atoms with van der Waals surface area (Å²) in [5, 5.41) is 0. The van der Waals surface area contributed by atoms with Gasteiger partial charge < -0.3 is 4.42 Å². The second-order valence-electron chi connectivity index (χ2n) is 3.84. The van der Waals surface area contributed by atoms with Crippen LogP contribution in [-0.4, -0.2) is 5.78 Å². The zero-order chi connectivity index (χ0) is 11.1. The summed E-state index contributed by atoms with van der Waals surface area (Å²) in [6.07, 6.45) is 4.98. The Kier molecular flexibility index (Phi) is 2.48. The first-order valence-electron chi connectivity index (χ1n) is 5.15. The Hall–Kier alpha value is -0.870. The summed E-state index contributed by atoms with van der Waals surface area (Å²) in [4.78, 5) is 14.3. The van der Waals surface area contributed by atoms with Crippen LogP contribution in [0.1, 0.15) is 32.3 Å². The van der Waals surface area contributed by atoms with Gasteiger partial charge in [0.1, 0.15) is 0 Å². The highest BCUT2D eigenvalue weighted by Crippen LogP contribution is 2.32. The number of carbonyl (C=O) groups excluding carboxylic acids is 1. The molecule has 0 radical (unpaired) electrons. The van der Waals surface area contributed by atoms with Crippen LogP contribution >= 0.6 is 27.3 Å². The molecular formula is C12H9BrO2S. The molecule has 2 heterocycles. The largest absolute Gasteiger partial charge is 0.460 e. The van der Waals surface area contributed by atoms with Crippen LogP contribution in [0.2, 0.25) is 0 Å². The highest BCUT2D eigenvalue weighted by molar-refractivity contribution is 9.10. The van der Waals surface area contributed by atoms with Gasteiger partial charge >= 0.3 is 0 Å². The van der Waals surface area contributed by atoms with Crippen molar-refractivity contribution in [3.8, 4) is 0 Å². The first kappa shape index (κ1) is 10.3. The third-order valence-electron chi connectivity index (χ3n) is 2.79. The molecule has 16 heavy (non-hydrogen) atoms. The minimum absolute atomic E-state index is 0.0173. The van der Waals surface area contributed by atoms with E-state index in [2.05, 4.69) is 15.9 Å². The van der Waals surface area contributed by atoms with E-state index in [1.54, 1.807) is 17.4 Å². The maximum absolute atomic E-state index is 12.1. The van der Waals surface area contributed by atoms with E-state index in [1.807, 2.05) is 6.07 Å². The quantitative estimate of drug-likeness (QED) is 0.789. The second-order valence-corrected chi connectivity index (χ2v) is 5.83. The average molecular weight is 297 g/mol. The molecule has 0 N–H and O–H groups in total. The van der Waals surface area contributed by atoms with Crippen molar-refractivity contribution in [2.75, 3.05) is 0 Å². The minimum atomic E-state index is -0.0173. The topological polar surface area (TPSA) is 30.2 Å². The van der Waals surface area contributed by atoms with E-state index < -0.39 is 0 Å². The summed E-state index contributed by atoms with van der Waals surface area (Å²) in [6, 6.07) is 3.76. The number of ketones is 1. The van der Waals surface area contributed by atoms with Gasteiger partial charge in [-0.05, 0) is 52.9 Å². The van der Waals surface area contributed by atoms with E-state index in [4.69, 9.17) is 4.42 Å². The summed E-state index contributed by atoms with van der Waals surface area (Å²) in [7, 11) is 0. The molecule has 2 aromatic heterocycles. The summed E-state index contributed by atoms with van der Waals surface area (Å²) in [6.45, 7) is 0. The molecule has 0 atom stereocenters. The van der Waals surface area contributed by atoms with Crippen molar-refractivity contribution < 1.29 is 9.21 Å². The third kappa shape index (κ3) is 1.57. The van der Waals surface area contributed by atoms with Gasteiger partial charge in [0.25, 0.3) is 0 Å². The molecule has 2 nitrogen and oxygen atoms in total. The lowest BCUT2D eigenvalue weighted by molar-refractivity contribution is 0.101. The Balaban J connectivity index is 1.98. The van der Waals surface area contributed by atoms with Gasteiger partial charge in [0.05, 0.1) is 15.6 Å². The summed E-state index contributed by atoms with van der Waals surface area (Å²) in [5.41, 5.74) is 1.34. The van der Waals surface area contributed by atoms with Gasteiger partial charge in [-0.3, -0.25) is 4.79 Å². The van der Waals surface area contributed by atoms with E-state index in [9.17, 15) is 4.79 Å². The van der Waals surface area contributed by atoms with E-state index in [0.717, 1.165) is 22.2 Å². The Morgan fingerprint density at radius 3 is 3.00 bits per heavy atom. The minimum Gasteiger partial charge on any atom is -0.460 e. The summed E-state index contributed by atoms with van der Waals surface area (Å²) in [5.74, 6) is 0.385. The van der Waals surface area contributed by atoms with E-state index in [-0.39, 0.29) is 5.78 Å². The van der Waals surface area contributed by atoms with Crippen molar-refractivity contribution in [2.24, 2.45) is 0 Å². The number of rotatable bonds is 2. The number of hydrogen-bond donors (Lipinski definition) is 0. The number of halogens is 1. The van der Waals surface area contributed by atoms with Crippen molar-refractivity contribution in [1.82, 2.24) is 0 Å². The predicted octanol–water partition coefficient (Wildman–Crippen LogP) is 3.82. The molecule has 0 unspecified atom stereocenters. The van der Waals surface area contributed by atoms with Gasteiger partial charge in [-0.2, -0.15) is 0 Å². The van der Waals surface area contributed by atoms with E-state index in [1.165, 1.54) is 23.1 Å². The Morgan fingerprint density at radius 1 is 1.44 bits per heavy atom. The molecule has 2 aromatic rings. The molecule has 0 fully saturated rings. The van der Waals surface area contributed by atoms with Crippen molar-refractivity contribution >= 4 is 33.0 Å². The van der Waals surface area contributed by atoms with Gasteiger partial charge in [0.15, 0.2) is 5.76 Å². The van der Waals surface area contributed by atoms with Gasteiger partial charge in [-0.1, -0.05) is 0 Å². The van der Waals surface area contributed by atoms with Gasteiger partial charge in [0, 0.05) is 4.88 Å². The second kappa shape index (κ2) is 3.86. The van der Waals surface area contributed by atoms with E-state index >= 15 is 0 Å². The van der Waals surface area contributed by atoms with Crippen LogP contribution in [-0.2, 0) is 12.8 Å². The maximum Gasteiger partial charge on any atom is 0.239 e. The zero-order valence-electron chi connectivity index (χ0n) is 8.46. The van der Waals surface area contributed by atoms with Crippen molar-refractivity contribution in [1.29, 1.82) is 0 Å². The molecule has 0 saturated heterocycles. The molecule has 3 rings (SSSR count). The first-order chi connectivity index (χ1) is 7.75. The van der Waals surface area contributed by atoms with Crippen LogP contribution in [0.5, 0.6) is 0 Å². The number of aryl methyl sites for hydroxylation is 2. The van der Waals surface area contributed by atoms with Gasteiger partial charge in [-0.25, -0.2) is 0 Å². The lowest BCUT2D eigenvalue weighted by Crippen LogP contribution is -1.97. The highest BCUT2D eigenvalue weighted by Gasteiger charge is 2.22. The SMILES string of the molecule is O=C(c1cc2c(s1)CCC2)c1occc1Br.